The summed E-state index contributed by atoms with van der Waals surface area (Å²) in [6, 6.07) is 0. The number of carbonyl (C=O) groups is 1. The van der Waals surface area contributed by atoms with Gasteiger partial charge in [-0.15, -0.1) is 0 Å². The Hall–Kier alpha value is -0.610. The SMILES string of the molecule is COC(=O)C1CC(C)(C)N([OH2+])C1(C)C. The lowest BCUT2D eigenvalue weighted by atomic mass is 9.87. The third kappa shape index (κ3) is 1.53. The van der Waals surface area contributed by atoms with Crippen molar-refractivity contribution in [3.8, 4) is 0 Å². The Bertz CT molecular complexity index is 248. The van der Waals surface area contributed by atoms with Crippen LogP contribution in [0.2, 0.25) is 0 Å². The highest BCUT2D eigenvalue weighted by Crippen LogP contribution is 2.43. The van der Waals surface area contributed by atoms with Gasteiger partial charge in [0.15, 0.2) is 0 Å². The number of rotatable bonds is 1. The molecule has 0 bridgehead atoms. The van der Waals surface area contributed by atoms with Crippen LogP contribution >= 0.6 is 0 Å². The summed E-state index contributed by atoms with van der Waals surface area (Å²) in [6.45, 7) is 7.78. The Balaban J connectivity index is 2.97. The summed E-state index contributed by atoms with van der Waals surface area (Å²) < 4.78 is 4.76. The Labute approximate surface area is 84.8 Å². The van der Waals surface area contributed by atoms with Crippen LogP contribution in [0.4, 0.5) is 0 Å². The number of methoxy groups -OCH3 is 1. The first-order valence-corrected chi connectivity index (χ1v) is 4.83. The van der Waals surface area contributed by atoms with Gasteiger partial charge >= 0.3 is 5.97 Å². The summed E-state index contributed by atoms with van der Waals surface area (Å²) in [7, 11) is 1.40. The lowest BCUT2D eigenvalue weighted by Gasteiger charge is -2.30. The molecule has 0 amide bonds. The Kier molecular flexibility index (Phi) is 2.63. The van der Waals surface area contributed by atoms with Gasteiger partial charge in [0.05, 0.1) is 24.1 Å². The molecular formula is C10H20NO3+. The van der Waals surface area contributed by atoms with Gasteiger partial charge in [-0.25, -0.2) is 0 Å². The fraction of sp³-hybridized carbons (Fsp3) is 0.900. The minimum absolute atomic E-state index is 0.208. The minimum Gasteiger partial charge on any atom is -0.469 e. The van der Waals surface area contributed by atoms with Gasteiger partial charge in [-0.1, -0.05) is 5.06 Å². The molecule has 4 heteroatoms. The zero-order valence-electron chi connectivity index (χ0n) is 9.55. The maximum absolute atomic E-state index is 11.5. The van der Waals surface area contributed by atoms with Crippen LogP contribution in [0.15, 0.2) is 0 Å². The van der Waals surface area contributed by atoms with Crippen LogP contribution in [-0.2, 0) is 9.53 Å². The first-order valence-electron chi connectivity index (χ1n) is 4.83. The maximum atomic E-state index is 11.5. The second-order valence-corrected chi connectivity index (χ2v) is 5.08. The molecule has 0 aromatic carbocycles. The van der Waals surface area contributed by atoms with Gasteiger partial charge in [0.2, 0.25) is 0 Å². The van der Waals surface area contributed by atoms with E-state index < -0.39 is 5.54 Å². The average Bonchev–Trinajstić information content (AvgIpc) is 2.25. The van der Waals surface area contributed by atoms with Crippen molar-refractivity contribution >= 4 is 5.97 Å². The van der Waals surface area contributed by atoms with E-state index in [1.165, 1.54) is 12.2 Å². The molecule has 0 aromatic heterocycles. The molecule has 1 heterocycles. The molecule has 4 nitrogen and oxygen atoms in total. The third-order valence-electron chi connectivity index (χ3n) is 3.22. The van der Waals surface area contributed by atoms with Crippen LogP contribution in [0.25, 0.3) is 0 Å². The average molecular weight is 202 g/mol. The number of esters is 1. The predicted octanol–water partition coefficient (Wildman–Crippen LogP) is 0.678. The molecule has 0 aliphatic carbocycles. The normalized spacial score (nSPS) is 30.3. The van der Waals surface area contributed by atoms with E-state index in [9.17, 15) is 4.79 Å². The number of hydrogen-bond donors (Lipinski definition) is 0. The summed E-state index contributed by atoms with van der Waals surface area (Å²) >= 11 is 0. The fourth-order valence-corrected chi connectivity index (χ4v) is 2.29. The summed E-state index contributed by atoms with van der Waals surface area (Å²) in [5.41, 5.74) is -0.709. The van der Waals surface area contributed by atoms with Crippen LogP contribution in [-0.4, -0.2) is 34.4 Å². The molecule has 1 aliphatic heterocycles. The highest BCUT2D eigenvalue weighted by Gasteiger charge is 2.58. The van der Waals surface area contributed by atoms with Gasteiger partial charge in [0, 0.05) is 0 Å². The van der Waals surface area contributed by atoms with E-state index in [0.717, 1.165) is 0 Å². The molecule has 0 radical (unpaired) electrons. The smallest absolute Gasteiger partial charge is 0.310 e. The molecule has 14 heavy (non-hydrogen) atoms. The van der Waals surface area contributed by atoms with E-state index in [1.807, 2.05) is 27.7 Å². The van der Waals surface area contributed by atoms with Crippen LogP contribution in [0.3, 0.4) is 0 Å². The highest BCUT2D eigenvalue weighted by molar-refractivity contribution is 5.74. The van der Waals surface area contributed by atoms with Crippen molar-refractivity contribution in [3.63, 3.8) is 0 Å². The second-order valence-electron chi connectivity index (χ2n) is 5.08. The Morgan fingerprint density at radius 3 is 2.21 bits per heavy atom. The van der Waals surface area contributed by atoms with E-state index in [0.29, 0.717) is 6.42 Å². The summed E-state index contributed by atoms with van der Waals surface area (Å²) in [6.07, 6.45) is 0.677. The van der Waals surface area contributed by atoms with Gasteiger partial charge in [-0.05, 0) is 34.1 Å². The number of carbonyl (C=O) groups excluding carboxylic acids is 1. The Morgan fingerprint density at radius 1 is 1.43 bits per heavy atom. The molecule has 1 aliphatic rings. The molecule has 1 fully saturated rings. The van der Waals surface area contributed by atoms with Gasteiger partial charge in [0.25, 0.3) is 0 Å². The lowest BCUT2D eigenvalue weighted by Crippen LogP contribution is -2.48. The second kappa shape index (κ2) is 3.21. The largest absolute Gasteiger partial charge is 0.469 e. The standard InChI is InChI=1S/C10H19NO3/c1-9(2)6-7(8(12)14-5)10(3,4)11(9)13/h7,13H,6H2,1-5H3/p+1. The molecule has 0 spiro atoms. The van der Waals surface area contributed by atoms with Gasteiger partial charge in [-0.3, -0.25) is 4.79 Å². The molecule has 1 rings (SSSR count). The van der Waals surface area contributed by atoms with E-state index >= 15 is 0 Å². The molecule has 0 aromatic rings. The van der Waals surface area contributed by atoms with Crippen LogP contribution < -0.4 is 0 Å². The molecular weight excluding hydrogens is 182 g/mol. The number of ether oxygens (including phenoxy) is 1. The van der Waals surface area contributed by atoms with Crippen molar-refractivity contribution in [3.05, 3.63) is 0 Å². The first-order chi connectivity index (χ1) is 6.23. The summed E-state index contributed by atoms with van der Waals surface area (Å²) in [5.74, 6) is -0.419. The third-order valence-corrected chi connectivity index (χ3v) is 3.22. The molecule has 82 valence electrons. The fourth-order valence-electron chi connectivity index (χ4n) is 2.29. The summed E-state index contributed by atoms with van der Waals surface area (Å²) in [4.78, 5) is 11.5. The van der Waals surface area contributed by atoms with Crippen molar-refractivity contribution in [1.29, 1.82) is 0 Å². The number of hydrogen-bond acceptors (Lipinski definition) is 3. The molecule has 2 N–H and O–H groups in total. The van der Waals surface area contributed by atoms with Crippen molar-refractivity contribution < 1.29 is 14.7 Å². The molecule has 1 saturated heterocycles. The van der Waals surface area contributed by atoms with E-state index in [2.05, 4.69) is 0 Å². The van der Waals surface area contributed by atoms with Gasteiger partial charge < -0.3 is 9.94 Å². The number of nitrogens with zero attached hydrogens (tertiary/aromatic N) is 1. The van der Waals surface area contributed by atoms with Crippen LogP contribution in [0.5, 0.6) is 0 Å². The quantitative estimate of drug-likeness (QED) is 0.464. The topological polar surface area (TPSA) is 52.4 Å². The van der Waals surface area contributed by atoms with Crippen molar-refractivity contribution in [1.82, 2.24) is 5.06 Å². The monoisotopic (exact) mass is 202 g/mol. The van der Waals surface area contributed by atoms with Gasteiger partial charge in [0.1, 0.15) is 0 Å². The summed E-state index contributed by atoms with van der Waals surface area (Å²) in [5, 5.41) is 9.48. The molecule has 1 unspecified atom stereocenters. The van der Waals surface area contributed by atoms with E-state index in [1.54, 1.807) is 0 Å². The van der Waals surface area contributed by atoms with Crippen LogP contribution in [0, 0.1) is 5.92 Å². The maximum Gasteiger partial charge on any atom is 0.310 e. The molecule has 1 atom stereocenters. The zero-order chi connectivity index (χ0) is 11.1. The minimum atomic E-state index is -0.448. The predicted molar refractivity (Wildman–Crippen MR) is 53.7 cm³/mol. The first kappa shape index (κ1) is 11.5. The molecule has 0 saturated carbocycles. The highest BCUT2D eigenvalue weighted by atomic mass is 16.5. The Morgan fingerprint density at radius 2 is 1.93 bits per heavy atom. The lowest BCUT2D eigenvalue weighted by molar-refractivity contribution is -0.199. The zero-order valence-corrected chi connectivity index (χ0v) is 9.55. The number of hydroxylamine groups is 2. The van der Waals surface area contributed by atoms with Gasteiger partial charge in [-0.2, -0.15) is 0 Å². The van der Waals surface area contributed by atoms with Crippen molar-refractivity contribution in [2.45, 2.75) is 45.2 Å². The van der Waals surface area contributed by atoms with E-state index in [-0.39, 0.29) is 17.4 Å². The van der Waals surface area contributed by atoms with Crippen molar-refractivity contribution in [2.24, 2.45) is 5.92 Å². The van der Waals surface area contributed by atoms with Crippen LogP contribution in [0.1, 0.15) is 34.1 Å². The van der Waals surface area contributed by atoms with E-state index in [4.69, 9.17) is 9.94 Å². The van der Waals surface area contributed by atoms with Crippen molar-refractivity contribution in [2.75, 3.05) is 7.11 Å².